The molecule has 0 radical (unpaired) electrons. The van der Waals surface area contributed by atoms with Crippen LogP contribution in [0, 0.1) is 5.92 Å². The van der Waals surface area contributed by atoms with Gasteiger partial charge in [-0.2, -0.15) is 0 Å². The normalized spacial score (nSPS) is 12.6. The molecule has 0 fully saturated rings. The molecule has 8 heteroatoms. The molecule has 2 unspecified atom stereocenters. The SMILES string of the molecule is CCC(C)C(NC(=O)c1ccn2c(NCc3ccccc3)c(-c3ccc(OC)cc3)nc2c1)C(=O)O. The largest absolute Gasteiger partial charge is 0.497 e. The van der Waals surface area contributed by atoms with E-state index in [0.29, 0.717) is 24.2 Å². The Morgan fingerprint density at radius 2 is 1.81 bits per heavy atom. The van der Waals surface area contributed by atoms with Crippen LogP contribution in [0.2, 0.25) is 0 Å². The lowest BCUT2D eigenvalue weighted by atomic mass is 9.99. The van der Waals surface area contributed by atoms with Gasteiger partial charge in [0.15, 0.2) is 0 Å². The van der Waals surface area contributed by atoms with E-state index in [0.717, 1.165) is 28.4 Å². The average molecular weight is 487 g/mol. The summed E-state index contributed by atoms with van der Waals surface area (Å²) in [6.45, 7) is 4.30. The van der Waals surface area contributed by atoms with Gasteiger partial charge >= 0.3 is 5.97 Å². The maximum Gasteiger partial charge on any atom is 0.326 e. The Labute approximate surface area is 209 Å². The number of rotatable bonds is 10. The lowest BCUT2D eigenvalue weighted by Gasteiger charge is -2.20. The molecular weight excluding hydrogens is 456 g/mol. The molecule has 4 rings (SSSR count). The standard InChI is InChI=1S/C28H30N4O4/c1-4-18(2)24(28(34)35)31-27(33)21-14-15-32-23(16-21)30-25(20-10-12-22(36-3)13-11-20)26(32)29-17-19-8-6-5-7-9-19/h5-16,18,24,29H,4,17H2,1-3H3,(H,31,33)(H,34,35). The molecule has 4 aromatic rings. The van der Waals surface area contributed by atoms with Gasteiger partial charge in [0.25, 0.3) is 5.91 Å². The van der Waals surface area contributed by atoms with Crippen molar-refractivity contribution in [2.45, 2.75) is 32.9 Å². The first-order valence-electron chi connectivity index (χ1n) is 11.9. The highest BCUT2D eigenvalue weighted by Crippen LogP contribution is 2.31. The van der Waals surface area contributed by atoms with E-state index in [1.807, 2.05) is 72.8 Å². The summed E-state index contributed by atoms with van der Waals surface area (Å²) in [5.74, 6) is -0.160. The molecule has 1 amide bonds. The number of hydrogen-bond acceptors (Lipinski definition) is 5. The van der Waals surface area contributed by atoms with Crippen LogP contribution in [-0.2, 0) is 11.3 Å². The Morgan fingerprint density at radius 3 is 2.44 bits per heavy atom. The number of imidazole rings is 1. The summed E-state index contributed by atoms with van der Waals surface area (Å²) < 4.78 is 7.18. The fourth-order valence-electron chi connectivity index (χ4n) is 3.99. The first-order valence-corrected chi connectivity index (χ1v) is 11.9. The van der Waals surface area contributed by atoms with Gasteiger partial charge < -0.3 is 20.5 Å². The number of aliphatic carboxylic acids is 1. The number of nitrogens with one attached hydrogen (secondary N) is 2. The van der Waals surface area contributed by atoms with Crippen molar-refractivity contribution in [3.63, 3.8) is 0 Å². The topological polar surface area (TPSA) is 105 Å². The van der Waals surface area contributed by atoms with E-state index in [-0.39, 0.29) is 5.92 Å². The summed E-state index contributed by atoms with van der Waals surface area (Å²) in [5, 5.41) is 15.7. The van der Waals surface area contributed by atoms with Crippen molar-refractivity contribution in [1.82, 2.24) is 14.7 Å². The van der Waals surface area contributed by atoms with Gasteiger partial charge in [0.2, 0.25) is 0 Å². The number of carbonyl (C=O) groups is 2. The lowest BCUT2D eigenvalue weighted by Crippen LogP contribution is -2.45. The van der Waals surface area contributed by atoms with Gasteiger partial charge in [0.05, 0.1) is 7.11 Å². The van der Waals surface area contributed by atoms with Crippen LogP contribution in [-0.4, -0.2) is 39.5 Å². The number of nitrogens with zero attached hydrogens (tertiary/aromatic N) is 2. The third kappa shape index (κ3) is 5.33. The predicted molar refractivity (Wildman–Crippen MR) is 139 cm³/mol. The van der Waals surface area contributed by atoms with Crippen LogP contribution in [0.15, 0.2) is 72.9 Å². The number of carboxylic acids is 1. The van der Waals surface area contributed by atoms with E-state index in [2.05, 4.69) is 10.6 Å². The summed E-state index contributed by atoms with van der Waals surface area (Å²) in [7, 11) is 1.62. The number of ether oxygens (including phenoxy) is 1. The molecule has 0 bridgehead atoms. The quantitative estimate of drug-likeness (QED) is 0.296. The number of hydrogen-bond donors (Lipinski definition) is 3. The van der Waals surface area contributed by atoms with Crippen molar-refractivity contribution in [2.75, 3.05) is 12.4 Å². The number of methoxy groups -OCH3 is 1. The van der Waals surface area contributed by atoms with Crippen molar-refractivity contribution in [3.05, 3.63) is 84.1 Å². The predicted octanol–water partition coefficient (Wildman–Crippen LogP) is 4.85. The molecule has 8 nitrogen and oxygen atoms in total. The fourth-order valence-corrected chi connectivity index (χ4v) is 3.99. The highest BCUT2D eigenvalue weighted by Gasteiger charge is 2.26. The van der Waals surface area contributed by atoms with Crippen LogP contribution in [0.5, 0.6) is 5.75 Å². The van der Waals surface area contributed by atoms with Gasteiger partial charge in [-0.15, -0.1) is 0 Å². The van der Waals surface area contributed by atoms with Gasteiger partial charge in [-0.05, 0) is 47.9 Å². The number of benzene rings is 2. The molecule has 186 valence electrons. The summed E-state index contributed by atoms with van der Waals surface area (Å²) in [4.78, 5) is 29.4. The molecule has 0 spiro atoms. The zero-order valence-corrected chi connectivity index (χ0v) is 20.6. The van der Waals surface area contributed by atoms with Crippen LogP contribution in [0.3, 0.4) is 0 Å². The van der Waals surface area contributed by atoms with E-state index in [1.54, 1.807) is 25.4 Å². The summed E-state index contributed by atoms with van der Waals surface area (Å²) in [6, 6.07) is 20.0. The average Bonchev–Trinajstić information content (AvgIpc) is 3.28. The molecule has 3 N–H and O–H groups in total. The second kappa shape index (κ2) is 10.9. The number of carbonyl (C=O) groups excluding carboxylic acids is 1. The minimum absolute atomic E-state index is 0.197. The van der Waals surface area contributed by atoms with Crippen molar-refractivity contribution in [2.24, 2.45) is 5.92 Å². The number of carboxylic acid groups (broad SMARTS) is 1. The molecule has 2 aromatic carbocycles. The summed E-state index contributed by atoms with van der Waals surface area (Å²) >= 11 is 0. The van der Waals surface area contributed by atoms with E-state index in [9.17, 15) is 14.7 Å². The van der Waals surface area contributed by atoms with Crippen LogP contribution in [0.1, 0.15) is 36.2 Å². The maximum absolute atomic E-state index is 12.9. The van der Waals surface area contributed by atoms with E-state index >= 15 is 0 Å². The first kappa shape index (κ1) is 24.8. The van der Waals surface area contributed by atoms with Gasteiger partial charge in [-0.3, -0.25) is 9.20 Å². The Hall–Kier alpha value is -4.33. The molecular formula is C28H30N4O4. The maximum atomic E-state index is 12.9. The van der Waals surface area contributed by atoms with Crippen LogP contribution in [0.4, 0.5) is 5.82 Å². The van der Waals surface area contributed by atoms with Crippen molar-refractivity contribution in [3.8, 4) is 17.0 Å². The Kier molecular flexibility index (Phi) is 7.53. The zero-order valence-electron chi connectivity index (χ0n) is 20.6. The molecule has 0 aliphatic carbocycles. The second-order valence-electron chi connectivity index (χ2n) is 8.70. The van der Waals surface area contributed by atoms with Gasteiger partial charge in [0, 0.05) is 23.9 Å². The molecule has 0 saturated carbocycles. The number of pyridine rings is 1. The zero-order chi connectivity index (χ0) is 25.7. The number of fused-ring (bicyclic) bond motifs is 1. The Morgan fingerprint density at radius 1 is 1.08 bits per heavy atom. The molecule has 36 heavy (non-hydrogen) atoms. The molecule has 0 saturated heterocycles. The molecule has 2 atom stereocenters. The molecule has 2 aromatic heterocycles. The monoisotopic (exact) mass is 486 g/mol. The van der Waals surface area contributed by atoms with Crippen molar-refractivity contribution < 1.29 is 19.4 Å². The minimum atomic E-state index is -1.05. The number of anilines is 1. The molecule has 0 aliphatic rings. The third-order valence-corrected chi connectivity index (χ3v) is 6.32. The van der Waals surface area contributed by atoms with E-state index in [1.165, 1.54) is 0 Å². The first-order chi connectivity index (χ1) is 17.4. The van der Waals surface area contributed by atoms with Crippen molar-refractivity contribution >= 4 is 23.3 Å². The smallest absolute Gasteiger partial charge is 0.326 e. The second-order valence-corrected chi connectivity index (χ2v) is 8.70. The van der Waals surface area contributed by atoms with Crippen LogP contribution in [0.25, 0.3) is 16.9 Å². The Bertz CT molecular complexity index is 1350. The Balaban J connectivity index is 1.70. The highest BCUT2D eigenvalue weighted by atomic mass is 16.5. The van der Waals surface area contributed by atoms with E-state index < -0.39 is 17.9 Å². The van der Waals surface area contributed by atoms with Gasteiger partial charge in [-0.25, -0.2) is 9.78 Å². The fraction of sp³-hybridized carbons (Fsp3) is 0.250. The van der Waals surface area contributed by atoms with Gasteiger partial charge in [0.1, 0.15) is 29.0 Å². The summed E-state index contributed by atoms with van der Waals surface area (Å²) in [6.07, 6.45) is 2.41. The lowest BCUT2D eigenvalue weighted by molar-refractivity contribution is -0.140. The number of aromatic nitrogens is 2. The highest BCUT2D eigenvalue weighted by molar-refractivity contribution is 5.97. The minimum Gasteiger partial charge on any atom is -0.497 e. The van der Waals surface area contributed by atoms with Crippen molar-refractivity contribution in [1.29, 1.82) is 0 Å². The molecule has 2 heterocycles. The third-order valence-electron chi connectivity index (χ3n) is 6.32. The molecule has 0 aliphatic heterocycles. The van der Waals surface area contributed by atoms with Crippen LogP contribution >= 0.6 is 0 Å². The summed E-state index contributed by atoms with van der Waals surface area (Å²) in [5.41, 5.74) is 3.66. The number of amides is 1. The van der Waals surface area contributed by atoms with Gasteiger partial charge in [-0.1, -0.05) is 50.6 Å². The van der Waals surface area contributed by atoms with E-state index in [4.69, 9.17) is 9.72 Å². The van der Waals surface area contributed by atoms with Crippen LogP contribution < -0.4 is 15.4 Å².